The molecule has 3 aliphatic heterocycles. The molecular weight excluding hydrogens is 410 g/mol. The Kier molecular flexibility index (Phi) is 5.56. The number of carbonyl (C=O) groups excluding carboxylic acids is 2. The number of hydrogen-bond acceptors (Lipinski definition) is 9. The lowest BCUT2D eigenvalue weighted by molar-refractivity contribution is -0.451. The number of fused-ring (bicyclic) bond motifs is 1. The molecule has 5 atom stereocenters. The highest BCUT2D eigenvalue weighted by molar-refractivity contribution is 5.97. The summed E-state index contributed by atoms with van der Waals surface area (Å²) in [5.41, 5.74) is 6.97. The summed E-state index contributed by atoms with van der Waals surface area (Å²) in [6, 6.07) is 5.08. The van der Waals surface area contributed by atoms with Crippen molar-refractivity contribution in [2.24, 2.45) is 5.73 Å². The van der Waals surface area contributed by atoms with Crippen LogP contribution >= 0.6 is 0 Å². The Morgan fingerprint density at radius 3 is 2.58 bits per heavy atom. The van der Waals surface area contributed by atoms with Crippen molar-refractivity contribution in [3.63, 3.8) is 0 Å². The molecule has 0 aromatic heterocycles. The molecule has 0 spiro atoms. The summed E-state index contributed by atoms with van der Waals surface area (Å²) in [5.74, 6) is -2.19. The lowest BCUT2D eigenvalue weighted by Gasteiger charge is -2.52. The van der Waals surface area contributed by atoms with E-state index in [1.807, 2.05) is 0 Å². The van der Waals surface area contributed by atoms with Crippen molar-refractivity contribution < 1.29 is 38.0 Å². The molecule has 2 amide bonds. The second kappa shape index (κ2) is 7.92. The van der Waals surface area contributed by atoms with Crippen LogP contribution in [0.5, 0.6) is 5.75 Å². The smallest absolute Gasteiger partial charge is 0.414 e. The lowest BCUT2D eigenvalue weighted by atomic mass is 10.00. The third kappa shape index (κ3) is 3.62. The zero-order valence-corrected chi connectivity index (χ0v) is 17.9. The van der Waals surface area contributed by atoms with Crippen LogP contribution in [0.3, 0.4) is 0 Å². The zero-order chi connectivity index (χ0) is 22.4. The van der Waals surface area contributed by atoms with Crippen molar-refractivity contribution in [3.05, 3.63) is 18.2 Å². The van der Waals surface area contributed by atoms with E-state index in [1.54, 1.807) is 32.0 Å². The number of anilines is 2. The summed E-state index contributed by atoms with van der Waals surface area (Å²) >= 11 is 0. The van der Waals surface area contributed by atoms with Crippen LogP contribution in [0.25, 0.3) is 0 Å². The number of nitrogens with one attached hydrogen (secondary N) is 1. The van der Waals surface area contributed by atoms with Crippen LogP contribution in [0.1, 0.15) is 13.8 Å². The Morgan fingerprint density at radius 2 is 1.90 bits per heavy atom. The minimum atomic E-state index is -1.26. The molecule has 2 fully saturated rings. The van der Waals surface area contributed by atoms with E-state index in [-0.39, 0.29) is 25.6 Å². The van der Waals surface area contributed by atoms with Gasteiger partial charge in [-0.2, -0.15) is 0 Å². The fourth-order valence-electron chi connectivity index (χ4n) is 3.98. The van der Waals surface area contributed by atoms with Crippen LogP contribution in [-0.2, 0) is 28.5 Å². The number of rotatable bonds is 5. The number of nitrogens with two attached hydrogens (primary N) is 1. The van der Waals surface area contributed by atoms with E-state index in [0.29, 0.717) is 17.1 Å². The second-order valence-electron chi connectivity index (χ2n) is 7.82. The number of hydrogen-bond donors (Lipinski definition) is 2. The summed E-state index contributed by atoms with van der Waals surface area (Å²) in [7, 11) is 2.97. The molecule has 0 aliphatic carbocycles. The Bertz CT molecular complexity index is 882. The highest BCUT2D eigenvalue weighted by Crippen LogP contribution is 2.41. The molecule has 0 radical (unpaired) electrons. The van der Waals surface area contributed by atoms with Crippen molar-refractivity contribution in [2.45, 2.75) is 43.7 Å². The van der Waals surface area contributed by atoms with Gasteiger partial charge in [0.1, 0.15) is 18.0 Å². The van der Waals surface area contributed by atoms with Gasteiger partial charge in [0.05, 0.1) is 12.2 Å². The molecule has 1 aromatic carbocycles. The molecule has 3 aliphatic rings. The van der Waals surface area contributed by atoms with Gasteiger partial charge in [-0.15, -0.1) is 0 Å². The maximum absolute atomic E-state index is 12.7. The Labute approximate surface area is 179 Å². The average Bonchev–Trinajstić information content (AvgIpc) is 3.16. The molecule has 0 bridgehead atoms. The number of methoxy groups -OCH3 is 2. The highest BCUT2D eigenvalue weighted by Gasteiger charge is 2.59. The molecule has 1 aromatic rings. The number of carbonyl (C=O) groups is 2. The highest BCUT2D eigenvalue weighted by atomic mass is 16.8. The van der Waals surface area contributed by atoms with Gasteiger partial charge in [0.2, 0.25) is 11.6 Å². The fourth-order valence-corrected chi connectivity index (χ4v) is 3.98. The van der Waals surface area contributed by atoms with Crippen LogP contribution in [0, 0.1) is 0 Å². The molecule has 3 N–H and O–H groups in total. The Morgan fingerprint density at radius 1 is 1.19 bits per heavy atom. The largest absolute Gasteiger partial charge is 0.482 e. The number of nitrogens with zero attached hydrogens (tertiary/aromatic N) is 1. The summed E-state index contributed by atoms with van der Waals surface area (Å²) in [5, 5.41) is 2.73. The lowest BCUT2D eigenvalue weighted by Crippen LogP contribution is -2.68. The number of benzene rings is 1. The molecule has 4 rings (SSSR count). The van der Waals surface area contributed by atoms with Crippen LogP contribution < -0.4 is 20.7 Å². The maximum atomic E-state index is 12.7. The van der Waals surface area contributed by atoms with Gasteiger partial charge < -0.3 is 39.5 Å². The molecule has 31 heavy (non-hydrogen) atoms. The first kappa shape index (κ1) is 21.8. The van der Waals surface area contributed by atoms with Crippen LogP contribution in [-0.4, -0.2) is 75.8 Å². The van der Waals surface area contributed by atoms with E-state index in [0.717, 1.165) is 0 Å². The van der Waals surface area contributed by atoms with Gasteiger partial charge in [-0.25, -0.2) is 4.79 Å². The zero-order valence-electron chi connectivity index (χ0n) is 17.9. The molecule has 170 valence electrons. The predicted octanol–water partition coefficient (Wildman–Crippen LogP) is 0.811. The van der Waals surface area contributed by atoms with Gasteiger partial charge in [0, 0.05) is 26.5 Å². The number of cyclic esters (lactones) is 1. The van der Waals surface area contributed by atoms with E-state index >= 15 is 0 Å². The van der Waals surface area contributed by atoms with Crippen molar-refractivity contribution in [3.8, 4) is 5.75 Å². The summed E-state index contributed by atoms with van der Waals surface area (Å²) in [6.07, 6.45) is -2.50. The number of amides is 2. The number of ether oxygens (including phenoxy) is 6. The summed E-state index contributed by atoms with van der Waals surface area (Å²) in [6.45, 7) is 3.67. The Hall–Kier alpha value is -2.44. The quantitative estimate of drug-likeness (QED) is 0.687. The molecule has 2 saturated heterocycles. The van der Waals surface area contributed by atoms with E-state index in [1.165, 1.54) is 19.1 Å². The normalized spacial score (nSPS) is 35.3. The second-order valence-corrected chi connectivity index (χ2v) is 7.82. The first-order valence-electron chi connectivity index (χ1n) is 9.94. The van der Waals surface area contributed by atoms with Crippen molar-refractivity contribution >= 4 is 23.4 Å². The van der Waals surface area contributed by atoms with Crippen LogP contribution in [0.2, 0.25) is 0 Å². The first-order valence-corrected chi connectivity index (χ1v) is 9.94. The topological polar surface area (TPSA) is 131 Å². The van der Waals surface area contributed by atoms with Crippen LogP contribution in [0.15, 0.2) is 18.2 Å². The molecule has 1 unspecified atom stereocenters. The molecule has 11 heteroatoms. The maximum Gasteiger partial charge on any atom is 0.414 e. The standard InChI is InChI=1S/C20H27N3O8/c1-19(26-3)20(2,27-4)31-17(14(8-21)30-19)15-9-23(18(25)29-15)11-5-6-13-12(7-11)22-16(24)10-28-13/h5-7,14-15,17H,8-10,21H2,1-4H3,(H,22,24)/t14-,15?,17+,19+,20+/m1/s1. The van der Waals surface area contributed by atoms with E-state index in [2.05, 4.69) is 5.32 Å². The van der Waals surface area contributed by atoms with Crippen molar-refractivity contribution in [1.29, 1.82) is 0 Å². The third-order valence-corrected chi connectivity index (χ3v) is 6.05. The van der Waals surface area contributed by atoms with Crippen LogP contribution in [0.4, 0.5) is 16.2 Å². The third-order valence-electron chi connectivity index (χ3n) is 6.05. The molecular formula is C20H27N3O8. The minimum absolute atomic E-state index is 0.0433. The Balaban J connectivity index is 1.56. The molecule has 11 nitrogen and oxygen atoms in total. The van der Waals surface area contributed by atoms with E-state index in [4.69, 9.17) is 34.2 Å². The van der Waals surface area contributed by atoms with Gasteiger partial charge in [0.25, 0.3) is 5.91 Å². The van der Waals surface area contributed by atoms with E-state index < -0.39 is 36.0 Å². The minimum Gasteiger partial charge on any atom is -0.482 e. The fraction of sp³-hybridized carbons (Fsp3) is 0.600. The summed E-state index contributed by atoms with van der Waals surface area (Å²) in [4.78, 5) is 25.7. The SMILES string of the molecule is CO[C@@]1(C)O[C@H](C2CN(c3ccc4c(c3)NC(=O)CO4)C(=O)O2)[C@@H](CN)O[C@]1(C)OC. The monoisotopic (exact) mass is 437 g/mol. The first-order chi connectivity index (χ1) is 14.7. The van der Waals surface area contributed by atoms with Gasteiger partial charge in [0.15, 0.2) is 12.7 Å². The van der Waals surface area contributed by atoms with Gasteiger partial charge >= 0.3 is 6.09 Å². The predicted molar refractivity (Wildman–Crippen MR) is 108 cm³/mol. The average molecular weight is 437 g/mol. The molecule has 3 heterocycles. The van der Waals surface area contributed by atoms with Gasteiger partial charge in [-0.3, -0.25) is 9.69 Å². The molecule has 0 saturated carbocycles. The van der Waals surface area contributed by atoms with Gasteiger partial charge in [-0.1, -0.05) is 0 Å². The van der Waals surface area contributed by atoms with Crippen molar-refractivity contribution in [2.75, 3.05) is 44.1 Å². The summed E-state index contributed by atoms with van der Waals surface area (Å²) < 4.78 is 34.4. The van der Waals surface area contributed by atoms with E-state index in [9.17, 15) is 9.59 Å². The van der Waals surface area contributed by atoms with Crippen molar-refractivity contribution in [1.82, 2.24) is 0 Å². The van der Waals surface area contributed by atoms with Gasteiger partial charge in [-0.05, 0) is 32.0 Å².